The Bertz CT molecular complexity index is 702. The van der Waals surface area contributed by atoms with Gasteiger partial charge in [-0.1, -0.05) is 11.6 Å². The fourth-order valence-electron chi connectivity index (χ4n) is 1.37. The molecule has 8 heteroatoms. The minimum Gasteiger partial charge on any atom is -0.207 e. The van der Waals surface area contributed by atoms with Gasteiger partial charge in [-0.25, -0.2) is 17.5 Å². The van der Waals surface area contributed by atoms with Crippen LogP contribution >= 0.6 is 38.9 Å². The summed E-state index contributed by atoms with van der Waals surface area (Å²) in [5.41, 5.74) is 0. The fraction of sp³-hybridized carbons (Fsp3) is 0.0909. The van der Waals surface area contributed by atoms with Crippen LogP contribution in [-0.4, -0.2) is 8.42 Å². The van der Waals surface area contributed by atoms with Gasteiger partial charge >= 0.3 is 0 Å². The molecule has 0 fully saturated rings. The van der Waals surface area contributed by atoms with Crippen LogP contribution in [-0.2, 0) is 16.6 Å². The molecule has 19 heavy (non-hydrogen) atoms. The topological polar surface area (TPSA) is 46.2 Å². The Balaban J connectivity index is 2.23. The molecule has 0 radical (unpaired) electrons. The molecule has 0 atom stereocenters. The lowest BCUT2D eigenvalue weighted by Crippen LogP contribution is -2.23. The number of rotatable bonds is 4. The smallest absolute Gasteiger partial charge is 0.207 e. The van der Waals surface area contributed by atoms with Crippen LogP contribution in [0.25, 0.3) is 0 Å². The van der Waals surface area contributed by atoms with Crippen molar-refractivity contribution in [3.05, 3.63) is 49.8 Å². The monoisotopic (exact) mass is 383 g/mol. The van der Waals surface area contributed by atoms with Crippen molar-refractivity contribution in [3.8, 4) is 0 Å². The van der Waals surface area contributed by atoms with E-state index in [2.05, 4.69) is 20.7 Å². The number of thiophene rings is 1. The number of hydrogen-bond acceptors (Lipinski definition) is 3. The van der Waals surface area contributed by atoms with Gasteiger partial charge in [-0.2, -0.15) is 0 Å². The fourth-order valence-corrected chi connectivity index (χ4v) is 4.40. The Hall–Kier alpha value is -0.470. The molecule has 1 aromatic carbocycles. The van der Waals surface area contributed by atoms with Gasteiger partial charge in [0.2, 0.25) is 10.0 Å². The molecule has 0 aliphatic heterocycles. The Kier molecular flexibility index (Phi) is 4.62. The van der Waals surface area contributed by atoms with E-state index in [0.717, 1.165) is 21.5 Å². The summed E-state index contributed by atoms with van der Waals surface area (Å²) in [5.74, 6) is -0.651. The van der Waals surface area contributed by atoms with Crippen molar-refractivity contribution in [2.45, 2.75) is 11.4 Å². The summed E-state index contributed by atoms with van der Waals surface area (Å²) in [4.78, 5) is 0.568. The first-order chi connectivity index (χ1) is 8.90. The second-order valence-corrected chi connectivity index (χ2v) is 7.59. The Morgan fingerprint density at radius 3 is 2.74 bits per heavy atom. The minimum atomic E-state index is -3.84. The number of sulfonamides is 1. The summed E-state index contributed by atoms with van der Waals surface area (Å²) in [6.45, 7) is 0.118. The van der Waals surface area contributed by atoms with Gasteiger partial charge in [0.05, 0.1) is 5.02 Å². The molecule has 0 aliphatic rings. The number of halogens is 3. The van der Waals surface area contributed by atoms with E-state index in [9.17, 15) is 12.8 Å². The lowest BCUT2D eigenvalue weighted by Gasteiger charge is -2.08. The zero-order valence-electron chi connectivity index (χ0n) is 9.36. The van der Waals surface area contributed by atoms with Gasteiger partial charge in [0.15, 0.2) is 0 Å². The van der Waals surface area contributed by atoms with Gasteiger partial charge in [-0.05, 0) is 45.6 Å². The number of benzene rings is 1. The van der Waals surface area contributed by atoms with Crippen LogP contribution in [0.4, 0.5) is 4.39 Å². The van der Waals surface area contributed by atoms with E-state index in [1.165, 1.54) is 17.4 Å². The van der Waals surface area contributed by atoms with Crippen molar-refractivity contribution in [1.29, 1.82) is 0 Å². The van der Waals surface area contributed by atoms with E-state index in [-0.39, 0.29) is 16.5 Å². The SMILES string of the molecule is O=S(=O)(NCc1sccc1Br)c1cc(F)ccc1Cl. The average Bonchev–Trinajstić information content (AvgIpc) is 2.75. The first-order valence-corrected chi connectivity index (χ1v) is 8.60. The molecule has 0 amide bonds. The van der Waals surface area contributed by atoms with Crippen LogP contribution in [0.3, 0.4) is 0 Å². The Morgan fingerprint density at radius 1 is 1.37 bits per heavy atom. The lowest BCUT2D eigenvalue weighted by molar-refractivity contribution is 0.578. The van der Waals surface area contributed by atoms with Gasteiger partial charge in [0.1, 0.15) is 10.7 Å². The molecule has 2 rings (SSSR count). The first-order valence-electron chi connectivity index (χ1n) is 5.07. The normalized spacial score (nSPS) is 11.7. The summed E-state index contributed by atoms with van der Waals surface area (Å²) >= 11 is 10.5. The first kappa shape index (κ1) is 14.9. The third kappa shape index (κ3) is 3.55. The molecular weight excluding hydrogens is 377 g/mol. The van der Waals surface area contributed by atoms with Gasteiger partial charge in [-0.3, -0.25) is 0 Å². The molecular formula is C11H8BrClFNO2S2. The summed E-state index contributed by atoms with van der Waals surface area (Å²) < 4.78 is 40.4. The molecule has 0 saturated carbocycles. The third-order valence-electron chi connectivity index (χ3n) is 2.30. The highest BCUT2D eigenvalue weighted by Gasteiger charge is 2.19. The zero-order valence-corrected chi connectivity index (χ0v) is 13.3. The molecule has 1 heterocycles. The number of nitrogens with one attached hydrogen (secondary N) is 1. The highest BCUT2D eigenvalue weighted by Crippen LogP contribution is 2.25. The van der Waals surface area contributed by atoms with Crippen molar-refractivity contribution < 1.29 is 12.8 Å². The molecule has 3 nitrogen and oxygen atoms in total. The van der Waals surface area contributed by atoms with Crippen LogP contribution in [0.2, 0.25) is 5.02 Å². The van der Waals surface area contributed by atoms with Crippen LogP contribution in [0.1, 0.15) is 4.88 Å². The summed E-state index contributed by atoms with van der Waals surface area (Å²) in [7, 11) is -3.84. The summed E-state index contributed by atoms with van der Waals surface area (Å²) in [6.07, 6.45) is 0. The third-order valence-corrected chi connectivity index (χ3v) is 6.11. The molecule has 0 saturated heterocycles. The zero-order chi connectivity index (χ0) is 14.0. The van der Waals surface area contributed by atoms with E-state index in [1.54, 1.807) is 0 Å². The number of hydrogen-bond donors (Lipinski definition) is 1. The highest BCUT2D eigenvalue weighted by molar-refractivity contribution is 9.10. The second kappa shape index (κ2) is 5.88. The van der Waals surface area contributed by atoms with E-state index in [0.29, 0.717) is 0 Å². The van der Waals surface area contributed by atoms with E-state index in [4.69, 9.17) is 11.6 Å². The van der Waals surface area contributed by atoms with Crippen molar-refractivity contribution in [2.24, 2.45) is 0 Å². The molecule has 1 N–H and O–H groups in total. The Labute approximate surface area is 127 Å². The largest absolute Gasteiger partial charge is 0.242 e. The van der Waals surface area contributed by atoms with Crippen molar-refractivity contribution in [1.82, 2.24) is 4.72 Å². The molecule has 0 aliphatic carbocycles. The van der Waals surface area contributed by atoms with Gasteiger partial charge in [-0.15, -0.1) is 11.3 Å². The lowest BCUT2D eigenvalue weighted by atomic mass is 10.3. The van der Waals surface area contributed by atoms with Crippen LogP contribution in [0.5, 0.6) is 0 Å². The minimum absolute atomic E-state index is 0.0147. The van der Waals surface area contributed by atoms with Crippen molar-refractivity contribution >= 4 is 48.9 Å². The van der Waals surface area contributed by atoms with E-state index < -0.39 is 15.8 Å². The summed E-state index contributed by atoms with van der Waals surface area (Å²) in [5, 5.41) is 1.82. The second-order valence-electron chi connectivity index (χ2n) is 3.59. The van der Waals surface area contributed by atoms with Crippen molar-refractivity contribution in [3.63, 3.8) is 0 Å². The van der Waals surface area contributed by atoms with Gasteiger partial charge < -0.3 is 0 Å². The molecule has 2 aromatic rings. The molecule has 0 bridgehead atoms. The van der Waals surface area contributed by atoms with Crippen LogP contribution in [0.15, 0.2) is 39.0 Å². The standard InChI is InChI=1S/C11H8BrClFNO2S2/c12-8-3-4-18-10(8)6-15-19(16,17)11-5-7(14)1-2-9(11)13/h1-5,15H,6H2. The predicted molar refractivity (Wildman–Crippen MR) is 77.5 cm³/mol. The van der Waals surface area contributed by atoms with Gasteiger partial charge in [0.25, 0.3) is 0 Å². The van der Waals surface area contributed by atoms with E-state index >= 15 is 0 Å². The quantitative estimate of drug-likeness (QED) is 0.872. The van der Waals surface area contributed by atoms with Crippen molar-refractivity contribution in [2.75, 3.05) is 0 Å². The summed E-state index contributed by atoms with van der Waals surface area (Å²) in [6, 6.07) is 5.04. The molecule has 0 unspecified atom stereocenters. The maximum absolute atomic E-state index is 13.1. The van der Waals surface area contributed by atoms with Gasteiger partial charge in [0, 0.05) is 15.9 Å². The van der Waals surface area contributed by atoms with E-state index in [1.807, 2.05) is 11.4 Å². The molecule has 1 aromatic heterocycles. The Morgan fingerprint density at radius 2 is 2.11 bits per heavy atom. The maximum atomic E-state index is 13.1. The predicted octanol–water partition coefficient (Wildman–Crippen LogP) is 3.78. The maximum Gasteiger partial charge on any atom is 0.242 e. The molecule has 102 valence electrons. The van der Waals surface area contributed by atoms with Crippen LogP contribution < -0.4 is 4.72 Å². The highest BCUT2D eigenvalue weighted by atomic mass is 79.9. The van der Waals surface area contributed by atoms with Crippen LogP contribution in [0, 0.1) is 5.82 Å². The molecule has 0 spiro atoms. The average molecular weight is 385 g/mol.